The smallest absolute Gasteiger partial charge is 0.339 e. The summed E-state index contributed by atoms with van der Waals surface area (Å²) in [6.45, 7) is 3.20. The number of anilines is 1. The van der Waals surface area contributed by atoms with Crippen LogP contribution >= 0.6 is 0 Å². The summed E-state index contributed by atoms with van der Waals surface area (Å²) in [6, 6.07) is 16.9. The van der Waals surface area contributed by atoms with E-state index in [0.717, 1.165) is 18.5 Å². The largest absolute Gasteiger partial charge is 0.478 e. The second-order valence-electron chi connectivity index (χ2n) is 7.35. The molecule has 0 fully saturated rings. The lowest BCUT2D eigenvalue weighted by Crippen LogP contribution is -2.31. The molecule has 0 unspecified atom stereocenters. The van der Waals surface area contributed by atoms with Crippen LogP contribution in [-0.2, 0) is 13.0 Å². The van der Waals surface area contributed by atoms with Crippen LogP contribution in [0.2, 0.25) is 0 Å². The molecular formula is C23H20N4O2. The molecule has 0 atom stereocenters. The standard InChI is InChI=1S/C23H20N4O2/c1-14-18(22(28)29)12-24-23(25-14)27-10-9-20-19(13-27)17-8-7-16(11-21(17)26-20)15-5-3-2-4-6-15/h2-8,11-12,26H,9-10,13H2,1H3,(H,28,29). The Morgan fingerprint density at radius 1 is 1.14 bits per heavy atom. The van der Waals surface area contributed by atoms with Gasteiger partial charge in [-0.2, -0.15) is 0 Å². The van der Waals surface area contributed by atoms with Gasteiger partial charge in [-0.1, -0.05) is 42.5 Å². The van der Waals surface area contributed by atoms with Crippen LogP contribution in [0.1, 0.15) is 27.3 Å². The number of carboxylic acid groups (broad SMARTS) is 1. The number of carbonyl (C=O) groups is 1. The van der Waals surface area contributed by atoms with Crippen LogP contribution < -0.4 is 4.90 Å². The van der Waals surface area contributed by atoms with Crippen molar-refractivity contribution in [2.45, 2.75) is 19.9 Å². The third-order valence-corrected chi connectivity index (χ3v) is 5.56. The number of hydrogen-bond donors (Lipinski definition) is 2. The SMILES string of the molecule is Cc1nc(N2CCc3[nH]c4cc(-c5ccccc5)ccc4c3C2)ncc1C(=O)O. The minimum absolute atomic E-state index is 0.145. The summed E-state index contributed by atoms with van der Waals surface area (Å²) in [6.07, 6.45) is 2.27. The average molecular weight is 384 g/mol. The number of fused-ring (bicyclic) bond motifs is 3. The van der Waals surface area contributed by atoms with Crippen molar-refractivity contribution in [1.29, 1.82) is 0 Å². The van der Waals surface area contributed by atoms with Crippen molar-refractivity contribution in [2.75, 3.05) is 11.4 Å². The Labute approximate surface area is 167 Å². The van der Waals surface area contributed by atoms with E-state index in [4.69, 9.17) is 0 Å². The summed E-state index contributed by atoms with van der Waals surface area (Å²) in [5.41, 5.74) is 6.67. The first-order chi connectivity index (χ1) is 14.1. The number of H-pyrrole nitrogens is 1. The number of carboxylic acids is 1. The Bertz CT molecular complexity index is 1230. The third kappa shape index (κ3) is 3.02. The number of nitrogens with one attached hydrogen (secondary N) is 1. The molecule has 2 N–H and O–H groups in total. The van der Waals surface area contributed by atoms with Crippen LogP contribution in [0, 0.1) is 6.92 Å². The molecule has 1 aliphatic heterocycles. The fourth-order valence-electron chi connectivity index (χ4n) is 4.02. The molecule has 0 saturated heterocycles. The molecule has 0 saturated carbocycles. The first-order valence-corrected chi connectivity index (χ1v) is 9.61. The molecule has 3 heterocycles. The molecule has 0 radical (unpaired) electrons. The molecule has 6 nitrogen and oxygen atoms in total. The summed E-state index contributed by atoms with van der Waals surface area (Å²) < 4.78 is 0. The molecule has 5 rings (SSSR count). The fraction of sp³-hybridized carbons (Fsp3) is 0.174. The summed E-state index contributed by atoms with van der Waals surface area (Å²) in [5, 5.41) is 10.4. The maximum absolute atomic E-state index is 11.2. The zero-order valence-electron chi connectivity index (χ0n) is 16.0. The second kappa shape index (κ2) is 6.74. The van der Waals surface area contributed by atoms with E-state index in [-0.39, 0.29) is 5.56 Å². The summed E-state index contributed by atoms with van der Waals surface area (Å²) >= 11 is 0. The van der Waals surface area contributed by atoms with Crippen LogP contribution in [0.4, 0.5) is 5.95 Å². The fourth-order valence-corrected chi connectivity index (χ4v) is 4.02. The highest BCUT2D eigenvalue weighted by Gasteiger charge is 2.23. The summed E-state index contributed by atoms with van der Waals surface area (Å²) in [4.78, 5) is 25.6. The van der Waals surface area contributed by atoms with Gasteiger partial charge in [0.2, 0.25) is 5.95 Å². The van der Waals surface area contributed by atoms with Crippen molar-refractivity contribution < 1.29 is 9.90 Å². The van der Waals surface area contributed by atoms with Gasteiger partial charge in [0, 0.05) is 47.9 Å². The predicted octanol–water partition coefficient (Wildman–Crippen LogP) is 4.19. The van der Waals surface area contributed by atoms with Crippen molar-refractivity contribution >= 4 is 22.8 Å². The van der Waals surface area contributed by atoms with Crippen LogP contribution in [-0.4, -0.2) is 32.6 Å². The first kappa shape index (κ1) is 17.4. The number of aromatic carboxylic acids is 1. The topological polar surface area (TPSA) is 82.1 Å². The van der Waals surface area contributed by atoms with Crippen LogP contribution in [0.5, 0.6) is 0 Å². The van der Waals surface area contributed by atoms with Crippen molar-refractivity contribution in [1.82, 2.24) is 15.0 Å². The molecule has 29 heavy (non-hydrogen) atoms. The van der Waals surface area contributed by atoms with Gasteiger partial charge in [0.05, 0.1) is 11.3 Å². The normalized spacial score (nSPS) is 13.5. The highest BCUT2D eigenvalue weighted by molar-refractivity contribution is 5.90. The zero-order chi connectivity index (χ0) is 20.0. The van der Waals surface area contributed by atoms with Gasteiger partial charge in [-0.15, -0.1) is 0 Å². The van der Waals surface area contributed by atoms with E-state index in [9.17, 15) is 9.90 Å². The van der Waals surface area contributed by atoms with Crippen molar-refractivity contribution in [3.8, 4) is 11.1 Å². The maximum Gasteiger partial charge on any atom is 0.339 e. The summed E-state index contributed by atoms with van der Waals surface area (Å²) in [7, 11) is 0. The number of aryl methyl sites for hydroxylation is 1. The minimum Gasteiger partial charge on any atom is -0.478 e. The van der Waals surface area contributed by atoms with Gasteiger partial charge in [-0.3, -0.25) is 0 Å². The van der Waals surface area contributed by atoms with Gasteiger partial charge in [-0.25, -0.2) is 14.8 Å². The molecule has 0 bridgehead atoms. The molecule has 4 aromatic rings. The molecule has 1 aliphatic rings. The Morgan fingerprint density at radius 2 is 1.97 bits per heavy atom. The number of aromatic amines is 1. The van der Waals surface area contributed by atoms with Gasteiger partial charge in [-0.05, 0) is 24.1 Å². The number of aromatic nitrogens is 3. The third-order valence-electron chi connectivity index (χ3n) is 5.56. The second-order valence-corrected chi connectivity index (χ2v) is 7.35. The van der Waals surface area contributed by atoms with Crippen LogP contribution in [0.3, 0.4) is 0 Å². The molecule has 0 aliphatic carbocycles. The number of hydrogen-bond acceptors (Lipinski definition) is 4. The Morgan fingerprint density at radius 3 is 2.72 bits per heavy atom. The van der Waals surface area contributed by atoms with Crippen LogP contribution in [0.25, 0.3) is 22.0 Å². The quantitative estimate of drug-likeness (QED) is 0.553. The number of rotatable bonds is 3. The van der Waals surface area contributed by atoms with Crippen LogP contribution in [0.15, 0.2) is 54.7 Å². The summed E-state index contributed by atoms with van der Waals surface area (Å²) in [5.74, 6) is -0.422. The van der Waals surface area contributed by atoms with Gasteiger partial charge in [0.25, 0.3) is 0 Å². The molecule has 0 amide bonds. The monoisotopic (exact) mass is 384 g/mol. The van der Waals surface area contributed by atoms with E-state index in [1.54, 1.807) is 6.92 Å². The maximum atomic E-state index is 11.2. The van der Waals surface area contributed by atoms with E-state index < -0.39 is 5.97 Å². The van der Waals surface area contributed by atoms with Gasteiger partial charge in [0.15, 0.2) is 0 Å². The Kier molecular flexibility index (Phi) is 4.05. The van der Waals surface area contributed by atoms with E-state index in [2.05, 4.69) is 62.3 Å². The minimum atomic E-state index is -0.999. The molecule has 0 spiro atoms. The van der Waals surface area contributed by atoms with Gasteiger partial charge in [0.1, 0.15) is 0 Å². The lowest BCUT2D eigenvalue weighted by molar-refractivity contribution is 0.0695. The number of nitrogens with zero attached hydrogens (tertiary/aromatic N) is 3. The predicted molar refractivity (Wildman–Crippen MR) is 112 cm³/mol. The molecular weight excluding hydrogens is 364 g/mol. The van der Waals surface area contributed by atoms with E-state index >= 15 is 0 Å². The molecule has 2 aromatic heterocycles. The lowest BCUT2D eigenvalue weighted by Gasteiger charge is -2.27. The Balaban J connectivity index is 1.49. The van der Waals surface area contributed by atoms with Crippen molar-refractivity contribution in [2.24, 2.45) is 0 Å². The molecule has 6 heteroatoms. The first-order valence-electron chi connectivity index (χ1n) is 9.61. The van der Waals surface area contributed by atoms with E-state index in [1.165, 1.54) is 34.0 Å². The Hall–Kier alpha value is -3.67. The highest BCUT2D eigenvalue weighted by Crippen LogP contribution is 2.32. The van der Waals surface area contributed by atoms with Gasteiger partial charge < -0.3 is 15.0 Å². The highest BCUT2D eigenvalue weighted by atomic mass is 16.4. The molecule has 144 valence electrons. The van der Waals surface area contributed by atoms with Crippen molar-refractivity contribution in [3.63, 3.8) is 0 Å². The molecule has 2 aromatic carbocycles. The number of benzene rings is 2. The van der Waals surface area contributed by atoms with E-state index in [1.807, 2.05) is 6.07 Å². The average Bonchev–Trinajstić information content (AvgIpc) is 3.11. The van der Waals surface area contributed by atoms with Gasteiger partial charge >= 0.3 is 5.97 Å². The van der Waals surface area contributed by atoms with Crippen molar-refractivity contribution in [3.05, 3.63) is 77.2 Å². The lowest BCUT2D eigenvalue weighted by atomic mass is 10.0. The van der Waals surface area contributed by atoms with E-state index in [0.29, 0.717) is 18.2 Å². The zero-order valence-corrected chi connectivity index (χ0v) is 16.0.